The Hall–Kier alpha value is -1.60. The topological polar surface area (TPSA) is 3.24 Å². The predicted octanol–water partition coefficient (Wildman–Crippen LogP) is 4.75. The zero-order valence-electron chi connectivity index (χ0n) is 13.4. The second-order valence-corrected chi connectivity index (χ2v) is 6.11. The van der Waals surface area contributed by atoms with E-state index in [4.69, 9.17) is 0 Å². The van der Waals surface area contributed by atoms with E-state index < -0.39 is 0 Å². The minimum absolute atomic E-state index is 0.479. The van der Waals surface area contributed by atoms with Crippen molar-refractivity contribution in [3.8, 4) is 0 Å². The molecule has 2 aromatic carbocycles. The maximum atomic E-state index is 2.41. The molecule has 1 heteroatoms. The first-order valence-electron chi connectivity index (χ1n) is 7.74. The molecule has 0 fully saturated rings. The molecule has 0 bridgehead atoms. The molecule has 0 saturated carbocycles. The SMILES string of the molecule is C[C](C)CN(C)CCC(c1ccccc1)c1ccccc1. The monoisotopic (exact) mass is 280 g/mol. The van der Waals surface area contributed by atoms with Crippen molar-refractivity contribution in [3.05, 3.63) is 77.7 Å². The first-order chi connectivity index (χ1) is 10.2. The normalized spacial score (nSPS) is 11.5. The van der Waals surface area contributed by atoms with Crippen molar-refractivity contribution in [1.82, 2.24) is 4.90 Å². The van der Waals surface area contributed by atoms with E-state index in [2.05, 4.69) is 86.5 Å². The second-order valence-electron chi connectivity index (χ2n) is 6.11. The minimum Gasteiger partial charge on any atom is -0.306 e. The van der Waals surface area contributed by atoms with Gasteiger partial charge in [0.15, 0.2) is 0 Å². The standard InChI is InChI=1S/C20H26N/c1-17(2)16-21(3)15-14-20(18-10-6-4-7-11-18)19-12-8-5-9-13-19/h4-13,20H,14-16H2,1-3H3. The molecule has 0 N–H and O–H groups in total. The summed E-state index contributed by atoms with van der Waals surface area (Å²) in [6.07, 6.45) is 1.15. The van der Waals surface area contributed by atoms with Crippen LogP contribution in [0, 0.1) is 5.92 Å². The van der Waals surface area contributed by atoms with Gasteiger partial charge < -0.3 is 4.90 Å². The first-order valence-corrected chi connectivity index (χ1v) is 7.74. The molecule has 0 atom stereocenters. The summed E-state index contributed by atoms with van der Waals surface area (Å²) in [5.41, 5.74) is 2.82. The summed E-state index contributed by atoms with van der Waals surface area (Å²) in [4.78, 5) is 2.41. The zero-order chi connectivity index (χ0) is 15.1. The lowest BCUT2D eigenvalue weighted by molar-refractivity contribution is 0.335. The van der Waals surface area contributed by atoms with Crippen molar-refractivity contribution in [1.29, 1.82) is 0 Å². The molecule has 111 valence electrons. The molecule has 0 aliphatic carbocycles. The molecule has 0 unspecified atom stereocenters. The maximum absolute atomic E-state index is 2.41. The van der Waals surface area contributed by atoms with Gasteiger partial charge in [0, 0.05) is 12.5 Å². The molecule has 0 spiro atoms. The van der Waals surface area contributed by atoms with E-state index >= 15 is 0 Å². The Balaban J connectivity index is 2.10. The lowest BCUT2D eigenvalue weighted by atomic mass is 9.88. The van der Waals surface area contributed by atoms with Gasteiger partial charge in [0.2, 0.25) is 0 Å². The molecular weight excluding hydrogens is 254 g/mol. The van der Waals surface area contributed by atoms with Crippen molar-refractivity contribution in [3.63, 3.8) is 0 Å². The van der Waals surface area contributed by atoms with Gasteiger partial charge in [0.1, 0.15) is 0 Å². The predicted molar refractivity (Wildman–Crippen MR) is 91.4 cm³/mol. The van der Waals surface area contributed by atoms with E-state index in [0.29, 0.717) is 5.92 Å². The number of benzene rings is 2. The minimum atomic E-state index is 0.479. The average Bonchev–Trinajstić information content (AvgIpc) is 2.49. The zero-order valence-corrected chi connectivity index (χ0v) is 13.4. The third-order valence-electron chi connectivity index (χ3n) is 3.79. The van der Waals surface area contributed by atoms with Gasteiger partial charge in [-0.3, -0.25) is 0 Å². The third-order valence-corrected chi connectivity index (χ3v) is 3.79. The Bertz CT molecular complexity index is 464. The first kappa shape index (κ1) is 15.8. The molecule has 2 aromatic rings. The maximum Gasteiger partial charge on any atom is 0.0101 e. The van der Waals surface area contributed by atoms with Gasteiger partial charge in [0.05, 0.1) is 0 Å². The number of rotatable bonds is 7. The summed E-state index contributed by atoms with van der Waals surface area (Å²) < 4.78 is 0. The van der Waals surface area contributed by atoms with Crippen LogP contribution in [0.5, 0.6) is 0 Å². The molecule has 1 nitrogen and oxygen atoms in total. The van der Waals surface area contributed by atoms with E-state index in [0.717, 1.165) is 19.5 Å². The second kappa shape index (κ2) is 7.99. The highest BCUT2D eigenvalue weighted by Crippen LogP contribution is 2.27. The molecule has 0 heterocycles. The molecule has 1 radical (unpaired) electrons. The number of nitrogens with zero attached hydrogens (tertiary/aromatic N) is 1. The van der Waals surface area contributed by atoms with E-state index in [1.54, 1.807) is 0 Å². The quantitative estimate of drug-likeness (QED) is 0.707. The fourth-order valence-corrected chi connectivity index (χ4v) is 2.86. The van der Waals surface area contributed by atoms with E-state index in [1.807, 2.05) is 0 Å². The molecular formula is C20H26N. The molecule has 0 saturated heterocycles. The van der Waals surface area contributed by atoms with Crippen LogP contribution in [0.25, 0.3) is 0 Å². The molecule has 0 aliphatic rings. The van der Waals surface area contributed by atoms with E-state index in [9.17, 15) is 0 Å². The molecule has 0 amide bonds. The van der Waals surface area contributed by atoms with Gasteiger partial charge in [-0.05, 0) is 37.1 Å². The van der Waals surface area contributed by atoms with E-state index in [-0.39, 0.29) is 0 Å². The number of hydrogen-bond donors (Lipinski definition) is 0. The van der Waals surface area contributed by atoms with Crippen LogP contribution in [-0.4, -0.2) is 25.0 Å². The smallest absolute Gasteiger partial charge is 0.0101 e. The van der Waals surface area contributed by atoms with Crippen LogP contribution >= 0.6 is 0 Å². The summed E-state index contributed by atoms with van der Waals surface area (Å²) in [5.74, 6) is 1.94. The summed E-state index contributed by atoms with van der Waals surface area (Å²) in [6.45, 7) is 6.58. The lowest BCUT2D eigenvalue weighted by Crippen LogP contribution is -2.25. The summed E-state index contributed by atoms with van der Waals surface area (Å²) in [7, 11) is 2.21. The van der Waals surface area contributed by atoms with Crippen LogP contribution in [0.3, 0.4) is 0 Å². The summed E-state index contributed by atoms with van der Waals surface area (Å²) in [6, 6.07) is 21.7. The van der Waals surface area contributed by atoms with Crippen LogP contribution in [0.1, 0.15) is 37.3 Å². The van der Waals surface area contributed by atoms with Crippen LogP contribution in [0.4, 0.5) is 0 Å². The van der Waals surface area contributed by atoms with E-state index in [1.165, 1.54) is 17.0 Å². The van der Waals surface area contributed by atoms with Gasteiger partial charge >= 0.3 is 0 Å². The van der Waals surface area contributed by atoms with Crippen LogP contribution in [-0.2, 0) is 0 Å². The van der Waals surface area contributed by atoms with Crippen LogP contribution in [0.2, 0.25) is 0 Å². The summed E-state index contributed by atoms with van der Waals surface area (Å²) >= 11 is 0. The van der Waals surface area contributed by atoms with Crippen LogP contribution < -0.4 is 0 Å². The lowest BCUT2D eigenvalue weighted by Gasteiger charge is -2.23. The van der Waals surface area contributed by atoms with Crippen LogP contribution in [0.15, 0.2) is 60.7 Å². The van der Waals surface area contributed by atoms with Crippen molar-refractivity contribution in [2.75, 3.05) is 20.1 Å². The van der Waals surface area contributed by atoms with Crippen molar-refractivity contribution in [2.45, 2.75) is 26.2 Å². The molecule has 2 rings (SSSR count). The highest BCUT2D eigenvalue weighted by Gasteiger charge is 2.14. The van der Waals surface area contributed by atoms with Gasteiger partial charge in [-0.15, -0.1) is 0 Å². The van der Waals surface area contributed by atoms with Gasteiger partial charge in [-0.1, -0.05) is 74.5 Å². The van der Waals surface area contributed by atoms with Crippen molar-refractivity contribution >= 4 is 0 Å². The highest BCUT2D eigenvalue weighted by atomic mass is 15.1. The molecule has 0 aliphatic heterocycles. The molecule has 21 heavy (non-hydrogen) atoms. The fourth-order valence-electron chi connectivity index (χ4n) is 2.86. The summed E-state index contributed by atoms with van der Waals surface area (Å²) in [5, 5.41) is 0. The Morgan fingerprint density at radius 2 is 1.33 bits per heavy atom. The highest BCUT2D eigenvalue weighted by molar-refractivity contribution is 5.32. The Kier molecular flexibility index (Phi) is 6.01. The average molecular weight is 280 g/mol. The fraction of sp³-hybridized carbons (Fsp3) is 0.350. The third kappa shape index (κ3) is 5.02. The van der Waals surface area contributed by atoms with Gasteiger partial charge in [0.25, 0.3) is 0 Å². The largest absolute Gasteiger partial charge is 0.306 e. The molecule has 0 aromatic heterocycles. The Morgan fingerprint density at radius 3 is 1.76 bits per heavy atom. The van der Waals surface area contributed by atoms with Gasteiger partial charge in [-0.25, -0.2) is 0 Å². The number of hydrogen-bond acceptors (Lipinski definition) is 1. The Morgan fingerprint density at radius 1 is 0.857 bits per heavy atom. The van der Waals surface area contributed by atoms with Gasteiger partial charge in [-0.2, -0.15) is 0 Å². The van der Waals surface area contributed by atoms with Crippen molar-refractivity contribution in [2.24, 2.45) is 0 Å². The van der Waals surface area contributed by atoms with Crippen molar-refractivity contribution < 1.29 is 0 Å². The Labute approximate surface area is 129 Å².